The SMILES string of the molecule is CCC(C)C(C)C1OC1CC(C)(C)/C=C/C=C(\C)C1OC(=O)CC(C)CCC(C)(C)C(OC(C)=O)/C=C/C1C.CCC(C)C(C)C1OC1CC(C)(C)/C=C/C=C(\C)C1OC(=O)CC(C)CCC(C)(C)C(OC(C)=O)/C=C/C1C.CI.[2H]I. The number of carbonyl (C=O) groups excluding carboxylic acids is 4. The smallest absolute Gasteiger partial charge is 0.306 e. The average Bonchev–Trinajstić information content (AvgIpc) is 4.48. The van der Waals surface area contributed by atoms with E-state index in [2.05, 4.69) is 184 Å². The van der Waals surface area contributed by atoms with Crippen molar-refractivity contribution in [3.05, 3.63) is 71.9 Å². The van der Waals surface area contributed by atoms with Gasteiger partial charge in [0.05, 0.1) is 24.4 Å². The summed E-state index contributed by atoms with van der Waals surface area (Å²) in [7, 11) is 0. The Balaban J connectivity index is 0.000000773. The normalized spacial score (nSPS) is 31.8. The van der Waals surface area contributed by atoms with Crippen molar-refractivity contribution in [3.63, 3.8) is 0 Å². The van der Waals surface area contributed by atoms with Crippen LogP contribution in [0, 0.1) is 69.0 Å². The first kappa shape index (κ1) is 74.8. The Bertz CT molecular complexity index is 1990. The minimum absolute atomic E-state index is 0.00166. The number of hydrogen-bond donors (Lipinski definition) is 0. The van der Waals surface area contributed by atoms with Crippen molar-refractivity contribution in [1.82, 2.24) is 0 Å². The fraction of sp³-hybridized carbons (Fsp3) is 0.768. The third-order valence-corrected chi connectivity index (χ3v) is 17.9. The van der Waals surface area contributed by atoms with Gasteiger partial charge in [-0.2, -0.15) is 0 Å². The monoisotopic (exact) mass is 1360 g/mol. The molecule has 16 unspecified atom stereocenters. The Kier molecular flexibility index (Phi) is 32.7. The molecule has 0 spiro atoms. The van der Waals surface area contributed by atoms with Crippen LogP contribution >= 0.6 is 46.4 Å². The molecule has 2 saturated heterocycles. The minimum atomic E-state index is -0.387. The van der Waals surface area contributed by atoms with Crippen LogP contribution in [0.1, 0.15) is 217 Å². The zero-order chi connectivity index (χ0) is 63.1. The summed E-state index contributed by atoms with van der Waals surface area (Å²) in [6.07, 6.45) is 29.3. The first-order valence-corrected chi connectivity index (χ1v) is 32.8. The number of alkyl halides is 1. The van der Waals surface area contributed by atoms with Crippen molar-refractivity contribution in [2.24, 2.45) is 69.0 Å². The van der Waals surface area contributed by atoms with E-state index in [1.54, 1.807) is 0 Å². The molecule has 0 N–H and O–H groups in total. The van der Waals surface area contributed by atoms with Crippen LogP contribution in [0.25, 0.3) is 0 Å². The third kappa shape index (κ3) is 27.3. The van der Waals surface area contributed by atoms with Gasteiger partial charge in [0.25, 0.3) is 0 Å². The predicted molar refractivity (Wildman–Crippen MR) is 354 cm³/mol. The molecule has 4 rings (SSSR count). The van der Waals surface area contributed by atoms with E-state index in [0.29, 0.717) is 60.9 Å². The lowest BCUT2D eigenvalue weighted by atomic mass is 9.78. The quantitative estimate of drug-likeness (QED) is 0.0249. The summed E-state index contributed by atoms with van der Waals surface area (Å²) in [5, 5.41) is 0. The molecule has 4 aliphatic rings. The second-order valence-electron chi connectivity index (χ2n) is 27.7. The van der Waals surface area contributed by atoms with Crippen molar-refractivity contribution < 1.29 is 47.6 Å². The van der Waals surface area contributed by atoms with Crippen LogP contribution in [0.2, 0.25) is 0 Å². The van der Waals surface area contributed by atoms with Crippen LogP contribution in [0.5, 0.6) is 0 Å². The number of cyclic esters (lactones) is 2. The molecule has 466 valence electrons. The summed E-state index contributed by atoms with van der Waals surface area (Å²) >= 11 is 3.55. The summed E-state index contributed by atoms with van der Waals surface area (Å²) in [6.45, 7) is 46.5. The maximum Gasteiger partial charge on any atom is 0.306 e. The van der Waals surface area contributed by atoms with E-state index in [1.165, 1.54) is 50.5 Å². The Labute approximate surface area is 526 Å². The highest BCUT2D eigenvalue weighted by molar-refractivity contribution is 14.1. The number of carbonyl (C=O) groups is 4. The lowest BCUT2D eigenvalue weighted by Crippen LogP contribution is -2.34. The molecule has 81 heavy (non-hydrogen) atoms. The number of allylic oxidation sites excluding steroid dienone is 6. The van der Waals surface area contributed by atoms with Crippen LogP contribution in [0.15, 0.2) is 71.9 Å². The third-order valence-electron chi connectivity index (χ3n) is 17.9. The topological polar surface area (TPSA) is 130 Å². The highest BCUT2D eigenvalue weighted by atomic mass is 127. The molecule has 0 aromatic heterocycles. The molecule has 4 heterocycles. The second-order valence-corrected chi connectivity index (χ2v) is 27.7. The summed E-state index contributed by atoms with van der Waals surface area (Å²) in [4.78, 5) is 51.4. The van der Waals surface area contributed by atoms with Gasteiger partial charge in [-0.3, -0.25) is 19.2 Å². The zero-order valence-electron chi connectivity index (χ0n) is 55.9. The Morgan fingerprint density at radius 3 is 1.26 bits per heavy atom. The summed E-state index contributed by atoms with van der Waals surface area (Å²) in [5.41, 5.74) is 1.52. The maximum absolute atomic E-state index is 12.9. The molecule has 12 heteroatoms. The fourth-order valence-electron chi connectivity index (χ4n) is 11.2. The van der Waals surface area contributed by atoms with Gasteiger partial charge >= 0.3 is 23.9 Å². The zero-order valence-corrected chi connectivity index (χ0v) is 59.2. The average molecular weight is 1360 g/mol. The highest BCUT2D eigenvalue weighted by Gasteiger charge is 2.47. The molecule has 2 fully saturated rings. The van der Waals surface area contributed by atoms with Crippen molar-refractivity contribution >= 4 is 70.2 Å². The summed E-state index contributed by atoms with van der Waals surface area (Å²) in [6, 6.07) is 0. The number of rotatable bonds is 18. The lowest BCUT2D eigenvalue weighted by Gasteiger charge is -2.34. The molecule has 10 nitrogen and oxygen atoms in total. The molecule has 0 bridgehead atoms. The van der Waals surface area contributed by atoms with E-state index in [-0.39, 0.29) is 93.6 Å². The van der Waals surface area contributed by atoms with Gasteiger partial charge in [0, 0.05) is 49.4 Å². The minimum Gasteiger partial charge on any atom is -0.458 e. The first-order chi connectivity index (χ1) is 38.1. The van der Waals surface area contributed by atoms with Crippen molar-refractivity contribution in [2.45, 2.75) is 265 Å². The molecule has 0 saturated carbocycles. The molecular formula is C69H116I2O10. The Morgan fingerprint density at radius 1 is 0.642 bits per heavy atom. The van der Waals surface area contributed by atoms with Crippen LogP contribution in [0.3, 0.4) is 0 Å². The predicted octanol–water partition coefficient (Wildman–Crippen LogP) is 18.1. The number of halogens is 2. The molecule has 0 aromatic carbocycles. The number of hydrogen-bond acceptors (Lipinski definition) is 10. The summed E-state index contributed by atoms with van der Waals surface area (Å²) in [5.74, 6) is 1.87. The number of epoxide rings is 2. The van der Waals surface area contributed by atoms with Crippen LogP contribution in [0.4, 0.5) is 0 Å². The maximum atomic E-state index is 12.9. The van der Waals surface area contributed by atoms with Gasteiger partial charge in [-0.15, -0.1) is 23.8 Å². The lowest BCUT2D eigenvalue weighted by molar-refractivity contribution is -0.152. The first-order valence-electron chi connectivity index (χ1n) is 31.0. The molecule has 4 aliphatic heterocycles. The van der Waals surface area contributed by atoms with Gasteiger partial charge in [-0.05, 0) is 127 Å². The second kappa shape index (κ2) is 35.4. The van der Waals surface area contributed by atoms with Crippen LogP contribution in [-0.4, -0.2) is 78.2 Å². The standard InChI is InChI=1S/2C34H56O5.CH3I.HI/c2*1-12-23(3)26(6)32-28(38-32)21-33(8,9)18-13-14-24(4)31-25(5)15-16-29(37-27(7)35)34(10,11)19-17-22(2)20-30(36)39-31;1-2;/h2*13-16,18,22-23,25-26,28-29,31-32H,12,17,19-21H2,1-11H3;1H3;1H/b2*16-15+,18-13+,24-14+;;/i/hD. The van der Waals surface area contributed by atoms with Crippen LogP contribution in [-0.2, 0) is 47.6 Å². The van der Waals surface area contributed by atoms with Gasteiger partial charge < -0.3 is 28.4 Å². The van der Waals surface area contributed by atoms with E-state index >= 15 is 0 Å². The molecule has 16 atom stereocenters. The molecular weight excluding hydrogens is 1240 g/mol. The highest BCUT2D eigenvalue weighted by Crippen LogP contribution is 2.44. The van der Waals surface area contributed by atoms with Gasteiger partial charge in [-0.25, -0.2) is 0 Å². The molecule has 0 aromatic rings. The van der Waals surface area contributed by atoms with Gasteiger partial charge in [0.2, 0.25) is 0 Å². The van der Waals surface area contributed by atoms with E-state index in [4.69, 9.17) is 29.0 Å². The van der Waals surface area contributed by atoms with Gasteiger partial charge in [0.1, 0.15) is 25.0 Å². The van der Waals surface area contributed by atoms with Crippen LogP contribution < -0.4 is 0 Å². The van der Waals surface area contributed by atoms with Gasteiger partial charge in [-0.1, -0.05) is 209 Å². The van der Waals surface area contributed by atoms with Crippen molar-refractivity contribution in [2.75, 3.05) is 4.93 Å². The number of esters is 4. The fourth-order valence-corrected chi connectivity index (χ4v) is 11.2. The van der Waals surface area contributed by atoms with E-state index in [1.807, 2.05) is 43.1 Å². The van der Waals surface area contributed by atoms with E-state index < -0.39 is 0 Å². The summed E-state index contributed by atoms with van der Waals surface area (Å²) < 4.78 is 41.4. The Morgan fingerprint density at radius 2 is 0.963 bits per heavy atom. The molecule has 0 radical (unpaired) electrons. The van der Waals surface area contributed by atoms with Crippen molar-refractivity contribution in [3.8, 4) is 0 Å². The molecule has 0 amide bonds. The van der Waals surface area contributed by atoms with E-state index in [0.717, 1.165) is 49.7 Å². The Hall–Kier alpha value is -2.30. The van der Waals surface area contributed by atoms with Gasteiger partial charge in [0.15, 0.2) is 0 Å². The van der Waals surface area contributed by atoms with Crippen molar-refractivity contribution in [1.29, 1.82) is 0.594 Å². The molecule has 0 aliphatic carbocycles. The largest absolute Gasteiger partial charge is 0.458 e. The number of ether oxygens (including phenoxy) is 6. The van der Waals surface area contributed by atoms with E-state index in [9.17, 15) is 19.2 Å².